The highest BCUT2D eigenvalue weighted by Crippen LogP contribution is 2.15. The van der Waals surface area contributed by atoms with Crippen molar-refractivity contribution in [2.24, 2.45) is 0 Å². The molecule has 1 amide bonds. The maximum absolute atomic E-state index is 11.8. The van der Waals surface area contributed by atoms with Crippen LogP contribution >= 0.6 is 24.0 Å². The van der Waals surface area contributed by atoms with E-state index < -0.39 is 6.10 Å². The average Bonchev–Trinajstić information content (AvgIpc) is 2.46. The number of morpholine rings is 1. The Morgan fingerprint density at radius 2 is 2.20 bits per heavy atom. The second kappa shape index (κ2) is 8.44. The molecule has 0 saturated carbocycles. The minimum Gasteiger partial charge on any atom is -0.387 e. The molecule has 2 unspecified atom stereocenters. The van der Waals surface area contributed by atoms with Gasteiger partial charge in [0, 0.05) is 18.1 Å². The second-order valence-corrected chi connectivity index (χ2v) is 4.83. The molecule has 1 heterocycles. The van der Waals surface area contributed by atoms with Gasteiger partial charge in [-0.2, -0.15) is 0 Å². The first-order valence-electron chi connectivity index (χ1n) is 6.19. The lowest BCUT2D eigenvalue weighted by molar-refractivity contribution is -0.126. The van der Waals surface area contributed by atoms with Crippen LogP contribution in [-0.4, -0.2) is 43.4 Å². The maximum Gasteiger partial charge on any atom is 0.239 e. The third kappa shape index (κ3) is 4.92. The van der Waals surface area contributed by atoms with Gasteiger partial charge in [-0.15, -0.1) is 12.4 Å². The molecule has 7 heteroatoms. The summed E-state index contributed by atoms with van der Waals surface area (Å²) in [5.41, 5.74) is 0.720. The molecule has 1 aromatic rings. The Kier molecular flexibility index (Phi) is 7.26. The van der Waals surface area contributed by atoms with Gasteiger partial charge in [0.05, 0.1) is 19.3 Å². The summed E-state index contributed by atoms with van der Waals surface area (Å²) < 4.78 is 5.21. The number of hydrogen-bond donors (Lipinski definition) is 3. The van der Waals surface area contributed by atoms with Gasteiger partial charge < -0.3 is 20.5 Å². The topological polar surface area (TPSA) is 70.6 Å². The van der Waals surface area contributed by atoms with Crippen LogP contribution in [0.15, 0.2) is 24.3 Å². The molecule has 0 spiro atoms. The van der Waals surface area contributed by atoms with Gasteiger partial charge in [-0.05, 0) is 17.7 Å². The monoisotopic (exact) mass is 320 g/mol. The number of amides is 1. The van der Waals surface area contributed by atoms with E-state index in [0.29, 0.717) is 24.8 Å². The molecular formula is C13H18Cl2N2O3. The van der Waals surface area contributed by atoms with E-state index in [1.807, 2.05) is 0 Å². The van der Waals surface area contributed by atoms with E-state index in [2.05, 4.69) is 10.6 Å². The van der Waals surface area contributed by atoms with Crippen molar-refractivity contribution >= 4 is 29.9 Å². The standard InChI is InChI=1S/C13H17ClN2O3.ClH/c14-10-3-1-9(2-4-10)12(17)7-16-13(18)11-8-19-6-5-15-11;/h1-4,11-12,15,17H,5-8H2,(H,16,18);1H. The highest BCUT2D eigenvalue weighted by Gasteiger charge is 2.21. The Bertz CT molecular complexity index is 422. The summed E-state index contributed by atoms with van der Waals surface area (Å²) in [6, 6.07) is 6.55. The van der Waals surface area contributed by atoms with Crippen LogP contribution in [0.1, 0.15) is 11.7 Å². The maximum atomic E-state index is 11.8. The summed E-state index contributed by atoms with van der Waals surface area (Å²) in [7, 11) is 0. The summed E-state index contributed by atoms with van der Waals surface area (Å²) in [4.78, 5) is 11.8. The fourth-order valence-electron chi connectivity index (χ4n) is 1.86. The largest absolute Gasteiger partial charge is 0.387 e. The Balaban J connectivity index is 0.00000200. The van der Waals surface area contributed by atoms with Crippen molar-refractivity contribution < 1.29 is 14.6 Å². The zero-order chi connectivity index (χ0) is 13.7. The van der Waals surface area contributed by atoms with E-state index in [0.717, 1.165) is 5.56 Å². The molecule has 2 atom stereocenters. The van der Waals surface area contributed by atoms with Crippen molar-refractivity contribution in [1.29, 1.82) is 0 Å². The van der Waals surface area contributed by atoms with Gasteiger partial charge in [0.25, 0.3) is 0 Å². The Morgan fingerprint density at radius 1 is 1.50 bits per heavy atom. The number of aliphatic hydroxyl groups is 1. The Hall–Kier alpha value is -0.850. The van der Waals surface area contributed by atoms with Crippen LogP contribution in [0.5, 0.6) is 0 Å². The third-order valence-corrected chi connectivity index (χ3v) is 3.21. The number of benzene rings is 1. The SMILES string of the molecule is Cl.O=C(NCC(O)c1ccc(Cl)cc1)C1COCCN1. The predicted molar refractivity (Wildman–Crippen MR) is 79.3 cm³/mol. The highest BCUT2D eigenvalue weighted by atomic mass is 35.5. The average molecular weight is 321 g/mol. The summed E-state index contributed by atoms with van der Waals surface area (Å²) in [5, 5.41) is 16.3. The molecule has 1 fully saturated rings. The molecule has 1 aromatic carbocycles. The van der Waals surface area contributed by atoms with Crippen molar-refractivity contribution in [1.82, 2.24) is 10.6 Å². The number of carbonyl (C=O) groups is 1. The van der Waals surface area contributed by atoms with E-state index in [4.69, 9.17) is 16.3 Å². The number of aliphatic hydroxyl groups excluding tert-OH is 1. The zero-order valence-corrected chi connectivity index (χ0v) is 12.4. The molecule has 0 bridgehead atoms. The number of carbonyl (C=O) groups excluding carboxylic acids is 1. The lowest BCUT2D eigenvalue weighted by Gasteiger charge is -2.23. The molecular weight excluding hydrogens is 303 g/mol. The number of ether oxygens (including phenoxy) is 1. The van der Waals surface area contributed by atoms with Gasteiger partial charge in [0.1, 0.15) is 6.04 Å². The quantitative estimate of drug-likeness (QED) is 0.771. The molecule has 2 rings (SSSR count). The van der Waals surface area contributed by atoms with Crippen LogP contribution in [0.25, 0.3) is 0 Å². The van der Waals surface area contributed by atoms with Crippen LogP contribution in [0.4, 0.5) is 0 Å². The van der Waals surface area contributed by atoms with Crippen LogP contribution in [0.3, 0.4) is 0 Å². The van der Waals surface area contributed by atoms with Crippen LogP contribution in [-0.2, 0) is 9.53 Å². The first kappa shape index (κ1) is 17.2. The second-order valence-electron chi connectivity index (χ2n) is 4.39. The zero-order valence-electron chi connectivity index (χ0n) is 10.8. The summed E-state index contributed by atoms with van der Waals surface area (Å²) in [5.74, 6) is -0.160. The number of halogens is 2. The summed E-state index contributed by atoms with van der Waals surface area (Å²) >= 11 is 5.77. The van der Waals surface area contributed by atoms with Gasteiger partial charge in [-0.25, -0.2) is 0 Å². The van der Waals surface area contributed by atoms with Crippen molar-refractivity contribution in [2.45, 2.75) is 12.1 Å². The lowest BCUT2D eigenvalue weighted by atomic mass is 10.1. The van der Waals surface area contributed by atoms with Gasteiger partial charge in [0.15, 0.2) is 0 Å². The van der Waals surface area contributed by atoms with Crippen LogP contribution in [0.2, 0.25) is 5.02 Å². The van der Waals surface area contributed by atoms with Gasteiger partial charge >= 0.3 is 0 Å². The minimum atomic E-state index is -0.745. The lowest BCUT2D eigenvalue weighted by Crippen LogP contribution is -2.51. The number of nitrogens with one attached hydrogen (secondary N) is 2. The molecule has 1 saturated heterocycles. The van der Waals surface area contributed by atoms with Crippen molar-refractivity contribution in [2.75, 3.05) is 26.3 Å². The summed E-state index contributed by atoms with van der Waals surface area (Å²) in [6.07, 6.45) is -0.745. The molecule has 20 heavy (non-hydrogen) atoms. The Labute approximate surface area is 129 Å². The minimum absolute atomic E-state index is 0. The fraction of sp³-hybridized carbons (Fsp3) is 0.462. The molecule has 3 N–H and O–H groups in total. The first-order chi connectivity index (χ1) is 9.16. The molecule has 1 aliphatic rings. The highest BCUT2D eigenvalue weighted by molar-refractivity contribution is 6.30. The smallest absolute Gasteiger partial charge is 0.239 e. The van der Waals surface area contributed by atoms with Crippen LogP contribution in [0, 0.1) is 0 Å². The fourth-order valence-corrected chi connectivity index (χ4v) is 1.98. The van der Waals surface area contributed by atoms with Gasteiger partial charge in [-0.3, -0.25) is 4.79 Å². The van der Waals surface area contributed by atoms with Crippen LogP contribution < -0.4 is 10.6 Å². The molecule has 5 nitrogen and oxygen atoms in total. The first-order valence-corrected chi connectivity index (χ1v) is 6.57. The predicted octanol–water partition coefficient (Wildman–Crippen LogP) is 0.900. The Morgan fingerprint density at radius 3 is 2.80 bits per heavy atom. The molecule has 0 aromatic heterocycles. The normalized spacial score (nSPS) is 19.8. The molecule has 0 radical (unpaired) electrons. The van der Waals surface area contributed by atoms with Crippen molar-refractivity contribution in [3.8, 4) is 0 Å². The summed E-state index contributed by atoms with van der Waals surface area (Å²) in [6.45, 7) is 1.82. The van der Waals surface area contributed by atoms with E-state index in [-0.39, 0.29) is 30.9 Å². The van der Waals surface area contributed by atoms with E-state index >= 15 is 0 Å². The number of hydrogen-bond acceptors (Lipinski definition) is 4. The van der Waals surface area contributed by atoms with Gasteiger partial charge in [-0.1, -0.05) is 23.7 Å². The molecule has 1 aliphatic heterocycles. The van der Waals surface area contributed by atoms with Crippen molar-refractivity contribution in [3.63, 3.8) is 0 Å². The van der Waals surface area contributed by atoms with Crippen molar-refractivity contribution in [3.05, 3.63) is 34.9 Å². The molecule has 112 valence electrons. The number of rotatable bonds is 4. The molecule has 0 aliphatic carbocycles. The van der Waals surface area contributed by atoms with Gasteiger partial charge in [0.2, 0.25) is 5.91 Å². The third-order valence-electron chi connectivity index (χ3n) is 2.96. The van der Waals surface area contributed by atoms with E-state index in [1.54, 1.807) is 24.3 Å². The van der Waals surface area contributed by atoms with E-state index in [9.17, 15) is 9.90 Å². The van der Waals surface area contributed by atoms with E-state index in [1.165, 1.54) is 0 Å².